The normalized spacial score (nSPS) is 38.7. The first-order valence-electron chi connectivity index (χ1n) is 8.77. The average molecular weight is 383 g/mol. The maximum Gasteiger partial charge on any atom is 0.165 e. The molecule has 0 aromatic rings. The lowest BCUT2D eigenvalue weighted by atomic mass is 9.83. The maximum atomic E-state index is 9.90. The first kappa shape index (κ1) is 21.2. The van der Waals surface area contributed by atoms with Gasteiger partial charge in [0.25, 0.3) is 0 Å². The molecule has 4 atom stereocenters. The zero-order valence-corrected chi connectivity index (χ0v) is 16.6. The molecule has 0 unspecified atom stereocenters. The van der Waals surface area contributed by atoms with Gasteiger partial charge in [0, 0.05) is 31.6 Å². The molecule has 0 aromatic carbocycles. The van der Waals surface area contributed by atoms with Gasteiger partial charge < -0.3 is 18.9 Å². The molecule has 0 saturated carbocycles. The highest BCUT2D eigenvalue weighted by molar-refractivity contribution is 6.18. The van der Waals surface area contributed by atoms with Crippen LogP contribution in [0.25, 0.3) is 0 Å². The molecule has 0 N–H and O–H groups in total. The van der Waals surface area contributed by atoms with Gasteiger partial charge in [0.05, 0.1) is 24.3 Å². The van der Waals surface area contributed by atoms with Crippen molar-refractivity contribution < 1.29 is 18.9 Å². The Bertz CT molecular complexity index is 624. The summed E-state index contributed by atoms with van der Waals surface area (Å²) < 4.78 is 23.7. The molecule has 144 valence electrons. The van der Waals surface area contributed by atoms with E-state index in [1.54, 1.807) is 33.8 Å². The third-order valence-electron chi connectivity index (χ3n) is 4.51. The minimum Gasteiger partial charge on any atom is -0.347 e. The Labute approximate surface area is 160 Å². The fraction of sp³-hybridized carbons (Fsp3) is 0.789. The number of hydrogen-bond acceptors (Lipinski definition) is 6. The van der Waals surface area contributed by atoms with Gasteiger partial charge in [-0.2, -0.15) is 10.5 Å². The molecule has 0 spiro atoms. The van der Waals surface area contributed by atoms with E-state index in [4.69, 9.17) is 30.5 Å². The van der Waals surface area contributed by atoms with Crippen LogP contribution in [-0.2, 0) is 18.9 Å². The molecule has 0 aromatic heterocycles. The number of ether oxygens (including phenoxy) is 4. The van der Waals surface area contributed by atoms with Crippen LogP contribution in [0.15, 0.2) is 12.7 Å². The molecule has 0 amide bonds. The largest absolute Gasteiger partial charge is 0.347 e. The number of rotatable bonds is 5. The van der Waals surface area contributed by atoms with E-state index < -0.39 is 22.8 Å². The van der Waals surface area contributed by atoms with Crippen LogP contribution >= 0.6 is 11.6 Å². The van der Waals surface area contributed by atoms with E-state index in [1.807, 2.05) is 0 Å². The van der Waals surface area contributed by atoms with E-state index >= 15 is 0 Å². The molecule has 2 fully saturated rings. The fourth-order valence-corrected chi connectivity index (χ4v) is 4.15. The maximum absolute atomic E-state index is 9.90. The highest BCUT2D eigenvalue weighted by atomic mass is 35.5. The monoisotopic (exact) mass is 382 g/mol. The number of nitriles is 2. The molecule has 6 nitrogen and oxygen atoms in total. The van der Waals surface area contributed by atoms with E-state index in [2.05, 4.69) is 18.7 Å². The first-order valence-corrected chi connectivity index (χ1v) is 9.31. The van der Waals surface area contributed by atoms with Gasteiger partial charge in [-0.05, 0) is 27.7 Å². The molecule has 2 heterocycles. The minimum absolute atomic E-state index is 0.273. The summed E-state index contributed by atoms with van der Waals surface area (Å²) in [6, 6.07) is 4.57. The molecule has 0 bridgehead atoms. The predicted octanol–water partition coefficient (Wildman–Crippen LogP) is 3.80. The van der Waals surface area contributed by atoms with Gasteiger partial charge in [0.2, 0.25) is 0 Å². The van der Waals surface area contributed by atoms with Gasteiger partial charge in [0.1, 0.15) is 0 Å². The van der Waals surface area contributed by atoms with E-state index in [0.717, 1.165) is 0 Å². The third kappa shape index (κ3) is 4.76. The molecule has 2 aliphatic heterocycles. The fourth-order valence-electron chi connectivity index (χ4n) is 3.97. The van der Waals surface area contributed by atoms with Crippen molar-refractivity contribution in [3.8, 4) is 12.1 Å². The predicted molar refractivity (Wildman–Crippen MR) is 96.1 cm³/mol. The summed E-state index contributed by atoms with van der Waals surface area (Å²) in [6.45, 7) is 10.8. The number of hydrogen-bond donors (Lipinski definition) is 0. The number of halogens is 1. The molecule has 2 rings (SSSR count). The van der Waals surface area contributed by atoms with E-state index in [-0.39, 0.29) is 18.1 Å². The van der Waals surface area contributed by atoms with Gasteiger partial charge in [-0.3, -0.25) is 0 Å². The Balaban J connectivity index is 2.27. The quantitative estimate of drug-likeness (QED) is 0.531. The van der Waals surface area contributed by atoms with Crippen LogP contribution in [0.4, 0.5) is 0 Å². The van der Waals surface area contributed by atoms with E-state index in [0.29, 0.717) is 25.7 Å². The first-order chi connectivity index (χ1) is 12.0. The van der Waals surface area contributed by atoms with Gasteiger partial charge >= 0.3 is 0 Å². The lowest BCUT2D eigenvalue weighted by Crippen LogP contribution is -2.57. The molecule has 7 heteroatoms. The van der Waals surface area contributed by atoms with Crippen LogP contribution in [-0.4, -0.2) is 40.9 Å². The molecule has 0 radical (unpaired) electrons. The van der Waals surface area contributed by atoms with Crippen LogP contribution < -0.4 is 0 Å². The summed E-state index contributed by atoms with van der Waals surface area (Å²) in [7, 11) is 0. The Kier molecular flexibility index (Phi) is 6.07. The van der Waals surface area contributed by atoms with Crippen molar-refractivity contribution in [1.82, 2.24) is 0 Å². The second-order valence-electron chi connectivity index (χ2n) is 7.96. The van der Waals surface area contributed by atoms with Crippen LogP contribution in [0.3, 0.4) is 0 Å². The van der Waals surface area contributed by atoms with Gasteiger partial charge in [-0.1, -0.05) is 6.08 Å². The van der Waals surface area contributed by atoms with Crippen molar-refractivity contribution in [1.29, 1.82) is 10.5 Å². The van der Waals surface area contributed by atoms with E-state index in [9.17, 15) is 10.5 Å². The third-order valence-corrected chi connectivity index (χ3v) is 4.85. The van der Waals surface area contributed by atoms with E-state index in [1.165, 1.54) is 0 Å². The summed E-state index contributed by atoms with van der Waals surface area (Å²) in [4.78, 5) is 0. The smallest absolute Gasteiger partial charge is 0.165 e. The van der Waals surface area contributed by atoms with Crippen LogP contribution in [0.2, 0.25) is 0 Å². The summed E-state index contributed by atoms with van der Waals surface area (Å²) in [5, 5.41) is 19.6. The van der Waals surface area contributed by atoms with Crippen molar-refractivity contribution in [2.75, 3.05) is 5.88 Å². The van der Waals surface area contributed by atoms with Crippen LogP contribution in [0.1, 0.15) is 53.4 Å². The van der Waals surface area contributed by atoms with Crippen molar-refractivity contribution in [3.63, 3.8) is 0 Å². The topological polar surface area (TPSA) is 84.5 Å². The molecule has 2 aliphatic rings. The summed E-state index contributed by atoms with van der Waals surface area (Å²) in [5.41, 5.74) is -2.13. The molecule has 2 saturated heterocycles. The Morgan fingerprint density at radius 3 is 2.00 bits per heavy atom. The standard InChI is InChI=1S/C19H27ClN2O4/c1-6-7-18(12-21)8-14(23-16(2,3)25-18)9-19(13-22)10-15(11-20)24-17(4,5)26-19/h6,14-15H,1,7-11H2,2-5H3/t14-,15-,18+,19-/m1/s1. The van der Waals surface area contributed by atoms with Crippen molar-refractivity contribution >= 4 is 11.6 Å². The zero-order valence-electron chi connectivity index (χ0n) is 15.9. The number of nitrogens with zero attached hydrogens (tertiary/aromatic N) is 2. The molecule has 0 aliphatic carbocycles. The Morgan fingerprint density at radius 1 is 1.00 bits per heavy atom. The lowest BCUT2D eigenvalue weighted by Gasteiger charge is -2.49. The van der Waals surface area contributed by atoms with Crippen LogP contribution in [0.5, 0.6) is 0 Å². The number of alkyl halides is 1. The van der Waals surface area contributed by atoms with Gasteiger partial charge in [0.15, 0.2) is 22.8 Å². The highest BCUT2D eigenvalue weighted by Crippen LogP contribution is 2.43. The summed E-state index contributed by atoms with van der Waals surface area (Å²) in [5.74, 6) is -1.61. The molecular formula is C19H27ClN2O4. The van der Waals surface area contributed by atoms with Crippen molar-refractivity contribution in [3.05, 3.63) is 12.7 Å². The van der Waals surface area contributed by atoms with Gasteiger partial charge in [-0.15, -0.1) is 18.2 Å². The second-order valence-corrected chi connectivity index (χ2v) is 8.26. The SMILES string of the molecule is C=CC[C@@]1(C#N)C[C@H](C[C@]2(C#N)C[C@H](CCl)OC(C)(C)O2)OC(C)(C)O1. The molecular weight excluding hydrogens is 356 g/mol. The lowest BCUT2D eigenvalue weighted by molar-refractivity contribution is -0.344. The minimum atomic E-state index is -1.10. The van der Waals surface area contributed by atoms with Gasteiger partial charge in [-0.25, -0.2) is 0 Å². The Hall–Kier alpha value is -1.15. The summed E-state index contributed by atoms with van der Waals surface area (Å²) >= 11 is 5.99. The van der Waals surface area contributed by atoms with Crippen molar-refractivity contribution in [2.45, 2.75) is 88.4 Å². The highest BCUT2D eigenvalue weighted by Gasteiger charge is 2.52. The Morgan fingerprint density at radius 2 is 1.50 bits per heavy atom. The van der Waals surface area contributed by atoms with Crippen LogP contribution in [0, 0.1) is 22.7 Å². The summed E-state index contributed by atoms with van der Waals surface area (Å²) in [6.07, 6.45) is 2.35. The van der Waals surface area contributed by atoms with Crippen molar-refractivity contribution in [2.24, 2.45) is 0 Å². The second kappa shape index (κ2) is 7.46. The zero-order chi connectivity index (χ0) is 19.6. The molecule has 26 heavy (non-hydrogen) atoms. The average Bonchev–Trinajstić information content (AvgIpc) is 2.51.